The van der Waals surface area contributed by atoms with E-state index in [0.717, 1.165) is 6.42 Å². The van der Waals surface area contributed by atoms with Crippen LogP contribution in [-0.4, -0.2) is 0 Å². The van der Waals surface area contributed by atoms with E-state index in [-0.39, 0.29) is 0 Å². The molecule has 1 aromatic rings. The van der Waals surface area contributed by atoms with E-state index in [2.05, 4.69) is 36.3 Å². The van der Waals surface area contributed by atoms with Gasteiger partial charge in [0.05, 0.1) is 0 Å². The Morgan fingerprint density at radius 1 is 1.38 bits per heavy atom. The molecule has 0 bridgehead atoms. The predicted octanol–water partition coefficient (Wildman–Crippen LogP) is 2.90. The highest BCUT2D eigenvalue weighted by Gasteiger charge is 2.03. The van der Waals surface area contributed by atoms with E-state index in [9.17, 15) is 0 Å². The van der Waals surface area contributed by atoms with Crippen LogP contribution in [0.3, 0.4) is 0 Å². The number of rotatable bonds is 1. The predicted molar refractivity (Wildman–Crippen MR) is 57.0 cm³/mol. The van der Waals surface area contributed by atoms with Crippen molar-refractivity contribution < 1.29 is 0 Å². The van der Waals surface area contributed by atoms with Crippen LogP contribution in [0.15, 0.2) is 30.4 Å². The van der Waals surface area contributed by atoms with Gasteiger partial charge in [0.15, 0.2) is 0 Å². The lowest BCUT2D eigenvalue weighted by Gasteiger charge is -1.99. The Morgan fingerprint density at radius 2 is 2.31 bits per heavy atom. The number of hydrogen-bond donors (Lipinski definition) is 0. The van der Waals surface area contributed by atoms with Crippen LogP contribution < -0.4 is 0 Å². The molecule has 2 rings (SSSR count). The first kappa shape index (κ1) is 7.89. The molecule has 0 saturated carbocycles. The molecule has 1 aliphatic rings. The van der Waals surface area contributed by atoms with Crippen molar-refractivity contribution >= 4 is 12.2 Å². The summed E-state index contributed by atoms with van der Waals surface area (Å²) in [6, 6.07) is 6.40. The fourth-order valence-electron chi connectivity index (χ4n) is 1.53. The Bertz CT molecular complexity index is 414. The summed E-state index contributed by atoms with van der Waals surface area (Å²) >= 11 is 0. The summed E-state index contributed by atoms with van der Waals surface area (Å²) in [5, 5.41) is 0. The molecule has 0 N–H and O–H groups in total. The Morgan fingerprint density at radius 3 is 3.15 bits per heavy atom. The molecule has 0 saturated heterocycles. The lowest BCUT2D eigenvalue weighted by molar-refractivity contribution is 1.31. The molecule has 0 amide bonds. The molecule has 0 spiro atoms. The van der Waals surface area contributed by atoms with E-state index < -0.39 is 0 Å². The largest absolute Gasteiger partial charge is 0.115 e. The fraction of sp³-hybridized carbons (Fsp3) is 0.0769. The van der Waals surface area contributed by atoms with Gasteiger partial charge in [0, 0.05) is 0 Å². The van der Waals surface area contributed by atoms with Crippen LogP contribution in [0.1, 0.15) is 16.7 Å². The maximum absolute atomic E-state index is 5.14. The van der Waals surface area contributed by atoms with Gasteiger partial charge in [-0.05, 0) is 35.3 Å². The van der Waals surface area contributed by atoms with Crippen molar-refractivity contribution in [3.05, 3.63) is 47.0 Å². The van der Waals surface area contributed by atoms with Crippen LogP contribution in [0.4, 0.5) is 0 Å². The summed E-state index contributed by atoms with van der Waals surface area (Å²) < 4.78 is 0. The van der Waals surface area contributed by atoms with Gasteiger partial charge < -0.3 is 0 Å². The molecular weight excluding hydrogens is 156 g/mol. The molecule has 0 unspecified atom stereocenters. The number of benzene rings is 1. The van der Waals surface area contributed by atoms with Crippen LogP contribution in [0, 0.1) is 12.3 Å². The van der Waals surface area contributed by atoms with Gasteiger partial charge in [-0.1, -0.05) is 36.3 Å². The average Bonchev–Trinajstić information content (AvgIpc) is 2.61. The second kappa shape index (κ2) is 3.33. The molecule has 1 aliphatic carbocycles. The van der Waals surface area contributed by atoms with Gasteiger partial charge in [-0.3, -0.25) is 0 Å². The van der Waals surface area contributed by atoms with E-state index in [0.29, 0.717) is 0 Å². The summed E-state index contributed by atoms with van der Waals surface area (Å²) in [5.41, 5.74) is 3.90. The first-order valence-electron chi connectivity index (χ1n) is 4.32. The molecule has 0 radical (unpaired) electrons. The van der Waals surface area contributed by atoms with Gasteiger partial charge in [0.2, 0.25) is 0 Å². The van der Waals surface area contributed by atoms with Gasteiger partial charge in [-0.2, -0.15) is 0 Å². The third-order valence-corrected chi connectivity index (χ3v) is 2.17. The first-order chi connectivity index (χ1) is 6.40. The lowest BCUT2D eigenvalue weighted by atomic mass is 10.1. The van der Waals surface area contributed by atoms with Crippen molar-refractivity contribution in [2.75, 3.05) is 0 Å². The molecular formula is C13H10. The summed E-state index contributed by atoms with van der Waals surface area (Å²) in [6.45, 7) is 0. The SMILES string of the molecule is C#C/C=C/c1ccc2c(c1)CC=C2. The Labute approximate surface area is 78.6 Å². The summed E-state index contributed by atoms with van der Waals surface area (Å²) in [4.78, 5) is 0. The second-order valence-electron chi connectivity index (χ2n) is 3.06. The topological polar surface area (TPSA) is 0 Å². The standard InChI is InChI=1S/C13H10/c1-2-3-5-11-8-9-12-6-4-7-13(12)10-11/h1,3-6,8-10H,7H2/b5-3+. The van der Waals surface area contributed by atoms with Crippen molar-refractivity contribution in [2.45, 2.75) is 6.42 Å². The Hall–Kier alpha value is -1.74. The normalized spacial score (nSPS) is 13.2. The van der Waals surface area contributed by atoms with Crippen molar-refractivity contribution in [2.24, 2.45) is 0 Å². The van der Waals surface area contributed by atoms with Crippen molar-refractivity contribution in [1.82, 2.24) is 0 Å². The molecule has 1 aromatic carbocycles. The van der Waals surface area contributed by atoms with Crippen LogP contribution in [-0.2, 0) is 6.42 Å². The number of hydrogen-bond acceptors (Lipinski definition) is 0. The minimum atomic E-state index is 1.05. The molecule has 0 aromatic heterocycles. The zero-order valence-electron chi connectivity index (χ0n) is 7.33. The van der Waals surface area contributed by atoms with Crippen LogP contribution in [0.5, 0.6) is 0 Å². The third kappa shape index (κ3) is 1.55. The molecule has 0 atom stereocenters. The molecule has 0 heteroatoms. The molecule has 0 heterocycles. The molecule has 0 aliphatic heterocycles. The van der Waals surface area contributed by atoms with Crippen molar-refractivity contribution in [3.8, 4) is 12.3 Å². The van der Waals surface area contributed by atoms with Gasteiger partial charge in [-0.25, -0.2) is 0 Å². The van der Waals surface area contributed by atoms with Gasteiger partial charge in [-0.15, -0.1) is 6.42 Å². The van der Waals surface area contributed by atoms with Gasteiger partial charge in [0.25, 0.3) is 0 Å². The van der Waals surface area contributed by atoms with E-state index in [4.69, 9.17) is 6.42 Å². The quantitative estimate of drug-likeness (QED) is 0.563. The van der Waals surface area contributed by atoms with E-state index >= 15 is 0 Å². The number of terminal acetylenes is 1. The Kier molecular flexibility index (Phi) is 2.02. The number of allylic oxidation sites excluding steroid dienone is 2. The van der Waals surface area contributed by atoms with Crippen molar-refractivity contribution in [3.63, 3.8) is 0 Å². The highest BCUT2D eigenvalue weighted by molar-refractivity contribution is 5.64. The van der Waals surface area contributed by atoms with E-state index in [1.165, 1.54) is 16.7 Å². The molecule has 0 nitrogen and oxygen atoms in total. The Balaban J connectivity index is 2.34. The van der Waals surface area contributed by atoms with E-state index in [1.807, 2.05) is 6.08 Å². The molecule has 0 fully saturated rings. The minimum Gasteiger partial charge on any atom is -0.115 e. The highest BCUT2D eigenvalue weighted by atomic mass is 14.1. The summed E-state index contributed by atoms with van der Waals surface area (Å²) in [7, 11) is 0. The van der Waals surface area contributed by atoms with Crippen LogP contribution in [0.2, 0.25) is 0 Å². The maximum atomic E-state index is 5.14. The monoisotopic (exact) mass is 166 g/mol. The lowest BCUT2D eigenvalue weighted by Crippen LogP contribution is -1.82. The summed E-state index contributed by atoms with van der Waals surface area (Å²) in [5.74, 6) is 2.49. The average molecular weight is 166 g/mol. The number of fused-ring (bicyclic) bond motifs is 1. The van der Waals surface area contributed by atoms with Gasteiger partial charge in [0.1, 0.15) is 0 Å². The van der Waals surface area contributed by atoms with Crippen LogP contribution >= 0.6 is 0 Å². The van der Waals surface area contributed by atoms with E-state index in [1.54, 1.807) is 6.08 Å². The smallest absolute Gasteiger partial charge is 0.00880 e. The zero-order valence-corrected chi connectivity index (χ0v) is 7.33. The van der Waals surface area contributed by atoms with Crippen molar-refractivity contribution in [1.29, 1.82) is 0 Å². The first-order valence-corrected chi connectivity index (χ1v) is 4.32. The minimum absolute atomic E-state index is 1.05. The van der Waals surface area contributed by atoms with Gasteiger partial charge >= 0.3 is 0 Å². The maximum Gasteiger partial charge on any atom is -0.00880 e. The second-order valence-corrected chi connectivity index (χ2v) is 3.06. The molecule has 13 heavy (non-hydrogen) atoms. The summed E-state index contributed by atoms with van der Waals surface area (Å²) in [6.07, 6.45) is 14.2. The third-order valence-electron chi connectivity index (χ3n) is 2.17. The highest BCUT2D eigenvalue weighted by Crippen LogP contribution is 2.20. The molecule has 62 valence electrons. The fourth-order valence-corrected chi connectivity index (χ4v) is 1.53. The van der Waals surface area contributed by atoms with Crippen LogP contribution in [0.25, 0.3) is 12.2 Å². The zero-order chi connectivity index (χ0) is 9.10.